The van der Waals surface area contributed by atoms with Crippen LogP contribution in [0, 0.1) is 0 Å². The molecular formula is C38H39ClN2O7. The van der Waals surface area contributed by atoms with E-state index in [2.05, 4.69) is 12.2 Å². The van der Waals surface area contributed by atoms with Crippen LogP contribution in [0.4, 0.5) is 5.69 Å². The van der Waals surface area contributed by atoms with Crippen LogP contribution >= 0.6 is 11.6 Å². The maximum Gasteiger partial charge on any atom is 0.343 e. The molecule has 0 fully saturated rings. The largest absolute Gasteiger partial charge is 0.494 e. The summed E-state index contributed by atoms with van der Waals surface area (Å²) in [6.45, 7) is 2.38. The lowest BCUT2D eigenvalue weighted by molar-refractivity contribution is -0.137. The number of anilines is 1. The standard InChI is InChI=1S/C38H39ClN2O7/c1-2-3-4-5-6-23-47-33-21-13-30(14-22-33)38(46)48-34-19-7-27(8-20-34)25-41(26-36(43)44)37(45)29-11-17-32(18-12-29)40-24-35(42)28-9-15-31(39)16-10-28/h7-22,40H,2-6,23-26H2,1H3,(H,43,44). The van der Waals surface area contributed by atoms with Crippen LogP contribution in [0.25, 0.3) is 0 Å². The fourth-order valence-electron chi connectivity index (χ4n) is 4.83. The summed E-state index contributed by atoms with van der Waals surface area (Å²) < 4.78 is 11.3. The molecule has 0 heterocycles. The Morgan fingerprint density at radius 1 is 0.729 bits per heavy atom. The Morgan fingerprint density at radius 2 is 1.33 bits per heavy atom. The van der Waals surface area contributed by atoms with Gasteiger partial charge in [0.2, 0.25) is 0 Å². The topological polar surface area (TPSA) is 122 Å². The van der Waals surface area contributed by atoms with Crippen molar-refractivity contribution >= 4 is 40.9 Å². The van der Waals surface area contributed by atoms with Crippen molar-refractivity contribution in [3.8, 4) is 11.5 Å². The molecule has 48 heavy (non-hydrogen) atoms. The quantitative estimate of drug-likeness (QED) is 0.0474. The number of nitrogens with zero attached hydrogens (tertiary/aromatic N) is 1. The minimum atomic E-state index is -1.16. The van der Waals surface area contributed by atoms with Crippen molar-refractivity contribution in [1.82, 2.24) is 4.90 Å². The molecule has 0 bridgehead atoms. The van der Waals surface area contributed by atoms with Gasteiger partial charge in [0.05, 0.1) is 18.7 Å². The second-order valence-corrected chi connectivity index (χ2v) is 11.7. The number of hydrogen-bond acceptors (Lipinski definition) is 7. The van der Waals surface area contributed by atoms with Crippen molar-refractivity contribution in [2.45, 2.75) is 45.6 Å². The molecule has 0 saturated heterocycles. The van der Waals surface area contributed by atoms with Crippen molar-refractivity contribution in [3.63, 3.8) is 0 Å². The number of carbonyl (C=O) groups is 4. The molecule has 0 spiro atoms. The second-order valence-electron chi connectivity index (χ2n) is 11.2. The Kier molecular flexibility index (Phi) is 13.6. The number of carboxylic acids is 1. The lowest BCUT2D eigenvalue weighted by Gasteiger charge is -2.21. The molecular weight excluding hydrogens is 632 g/mol. The van der Waals surface area contributed by atoms with Crippen LogP contribution < -0.4 is 14.8 Å². The smallest absolute Gasteiger partial charge is 0.343 e. The van der Waals surface area contributed by atoms with Crippen molar-refractivity contribution in [2.75, 3.05) is 25.0 Å². The summed E-state index contributed by atoms with van der Waals surface area (Å²) in [5, 5.41) is 13.0. The van der Waals surface area contributed by atoms with Gasteiger partial charge in [-0.25, -0.2) is 4.79 Å². The number of esters is 1. The number of halogens is 1. The third-order valence-electron chi connectivity index (χ3n) is 7.48. The third-order valence-corrected chi connectivity index (χ3v) is 7.73. The van der Waals surface area contributed by atoms with E-state index in [0.717, 1.165) is 12.8 Å². The first-order valence-electron chi connectivity index (χ1n) is 15.9. The lowest BCUT2D eigenvalue weighted by Crippen LogP contribution is -2.35. The summed E-state index contributed by atoms with van der Waals surface area (Å²) in [5.74, 6) is -1.27. The Hall–Kier alpha value is -5.15. The number of ketones is 1. The number of ether oxygens (including phenoxy) is 2. The van der Waals surface area contributed by atoms with Crippen molar-refractivity contribution in [2.24, 2.45) is 0 Å². The zero-order valence-electron chi connectivity index (χ0n) is 26.8. The van der Waals surface area contributed by atoms with Crippen molar-refractivity contribution in [1.29, 1.82) is 0 Å². The Bertz CT molecular complexity index is 1660. The van der Waals surface area contributed by atoms with Gasteiger partial charge < -0.3 is 24.8 Å². The van der Waals surface area contributed by atoms with Crippen LogP contribution in [-0.2, 0) is 11.3 Å². The molecule has 9 nitrogen and oxygen atoms in total. The van der Waals surface area contributed by atoms with Gasteiger partial charge in [-0.1, -0.05) is 56.3 Å². The van der Waals surface area contributed by atoms with Gasteiger partial charge in [0.25, 0.3) is 5.91 Å². The number of rotatable bonds is 18. The zero-order chi connectivity index (χ0) is 34.3. The van der Waals surface area contributed by atoms with E-state index < -0.39 is 24.4 Å². The molecule has 0 unspecified atom stereocenters. The molecule has 4 rings (SSSR count). The monoisotopic (exact) mass is 670 g/mol. The molecule has 250 valence electrons. The van der Waals surface area contributed by atoms with E-state index in [1.54, 1.807) is 97.1 Å². The minimum absolute atomic E-state index is 0.0228. The van der Waals surface area contributed by atoms with E-state index in [-0.39, 0.29) is 18.9 Å². The van der Waals surface area contributed by atoms with Crippen LogP contribution in [0.15, 0.2) is 97.1 Å². The molecule has 2 N–H and O–H groups in total. The van der Waals surface area contributed by atoms with E-state index in [1.807, 2.05) is 0 Å². The third kappa shape index (κ3) is 11.3. The highest BCUT2D eigenvalue weighted by atomic mass is 35.5. The Labute approximate surface area is 285 Å². The zero-order valence-corrected chi connectivity index (χ0v) is 27.6. The maximum absolute atomic E-state index is 13.3. The number of nitrogens with one attached hydrogen (secondary N) is 1. The highest BCUT2D eigenvalue weighted by Gasteiger charge is 2.19. The first-order chi connectivity index (χ1) is 23.2. The second kappa shape index (κ2) is 18.3. The molecule has 1 amide bonds. The van der Waals surface area contributed by atoms with Crippen molar-refractivity contribution in [3.05, 3.63) is 124 Å². The molecule has 0 aliphatic carbocycles. The van der Waals surface area contributed by atoms with Crippen LogP contribution in [0.5, 0.6) is 11.5 Å². The summed E-state index contributed by atoms with van der Waals surface area (Å²) in [5.41, 5.74) is 2.47. The molecule has 4 aromatic rings. The molecule has 0 atom stereocenters. The number of aliphatic carboxylic acids is 1. The van der Waals surface area contributed by atoms with Crippen LogP contribution in [0.2, 0.25) is 5.02 Å². The molecule has 0 saturated carbocycles. The van der Waals surface area contributed by atoms with Crippen LogP contribution in [0.1, 0.15) is 75.7 Å². The first kappa shape index (κ1) is 35.7. The summed E-state index contributed by atoms with van der Waals surface area (Å²) in [6.07, 6.45) is 5.76. The van der Waals surface area contributed by atoms with Gasteiger partial charge in [-0.3, -0.25) is 14.4 Å². The molecule has 0 aliphatic rings. The summed E-state index contributed by atoms with van der Waals surface area (Å²) >= 11 is 5.88. The summed E-state index contributed by atoms with van der Waals surface area (Å²) in [4.78, 5) is 51.2. The van der Waals surface area contributed by atoms with Crippen molar-refractivity contribution < 1.29 is 33.8 Å². The first-order valence-corrected chi connectivity index (χ1v) is 16.3. The number of Topliss-reactive ketones (excluding diaryl/α,β-unsaturated/α-hetero) is 1. The van der Waals surface area contributed by atoms with Gasteiger partial charge in [0.1, 0.15) is 18.0 Å². The summed E-state index contributed by atoms with van der Waals surface area (Å²) in [7, 11) is 0. The molecule has 0 aromatic heterocycles. The van der Waals surface area contributed by atoms with Crippen LogP contribution in [-0.4, -0.2) is 53.3 Å². The normalized spacial score (nSPS) is 10.6. The predicted molar refractivity (Wildman–Crippen MR) is 185 cm³/mol. The molecule has 0 aliphatic heterocycles. The predicted octanol–water partition coefficient (Wildman–Crippen LogP) is 7.93. The van der Waals surface area contributed by atoms with Crippen LogP contribution in [0.3, 0.4) is 0 Å². The maximum atomic E-state index is 13.3. The van der Waals surface area contributed by atoms with E-state index in [9.17, 15) is 24.3 Å². The number of benzene rings is 4. The number of hydrogen-bond donors (Lipinski definition) is 2. The average molecular weight is 671 g/mol. The molecule has 10 heteroatoms. The number of carboxylic acid groups (broad SMARTS) is 1. The SMILES string of the molecule is CCCCCCCOc1ccc(C(=O)Oc2ccc(CN(CC(=O)O)C(=O)c3ccc(NCC(=O)c4ccc(Cl)cc4)cc3)cc2)cc1. The Morgan fingerprint density at radius 3 is 1.98 bits per heavy atom. The average Bonchev–Trinajstić information content (AvgIpc) is 3.09. The van der Waals surface area contributed by atoms with E-state index in [4.69, 9.17) is 21.1 Å². The molecule has 0 radical (unpaired) electrons. The van der Waals surface area contributed by atoms with Gasteiger partial charge in [-0.05, 0) is 96.9 Å². The van der Waals surface area contributed by atoms with Gasteiger partial charge >= 0.3 is 11.9 Å². The highest BCUT2D eigenvalue weighted by molar-refractivity contribution is 6.30. The Balaban J connectivity index is 1.29. The van der Waals surface area contributed by atoms with Gasteiger partial charge in [-0.2, -0.15) is 0 Å². The number of amides is 1. The van der Waals surface area contributed by atoms with Gasteiger partial charge in [0.15, 0.2) is 5.78 Å². The number of unbranched alkanes of at least 4 members (excludes halogenated alkanes) is 4. The van der Waals surface area contributed by atoms with Gasteiger partial charge in [-0.15, -0.1) is 0 Å². The molecule has 4 aromatic carbocycles. The highest BCUT2D eigenvalue weighted by Crippen LogP contribution is 2.20. The van der Waals surface area contributed by atoms with E-state index in [1.165, 1.54) is 24.2 Å². The number of carbonyl (C=O) groups excluding carboxylic acids is 3. The van der Waals surface area contributed by atoms with E-state index >= 15 is 0 Å². The lowest BCUT2D eigenvalue weighted by atomic mass is 10.1. The van der Waals surface area contributed by atoms with E-state index in [0.29, 0.717) is 51.1 Å². The fourth-order valence-corrected chi connectivity index (χ4v) is 4.95. The fraction of sp³-hybridized carbons (Fsp3) is 0.263. The summed E-state index contributed by atoms with van der Waals surface area (Å²) in [6, 6.07) is 26.4. The minimum Gasteiger partial charge on any atom is -0.494 e. The van der Waals surface area contributed by atoms with Gasteiger partial charge in [0, 0.05) is 28.4 Å².